The molecule has 0 aliphatic carbocycles. The molecule has 1 fully saturated rings. The number of para-hydroxylation sites is 1. The zero-order chi connectivity index (χ0) is 23.5. The molecule has 3 aromatic rings. The zero-order valence-corrected chi connectivity index (χ0v) is 19.9. The molecule has 0 unspecified atom stereocenters. The fourth-order valence-electron chi connectivity index (χ4n) is 3.15. The molecule has 1 aliphatic rings. The van der Waals surface area contributed by atoms with Crippen LogP contribution in [0.2, 0.25) is 10.0 Å². The molecule has 1 heterocycles. The number of carbonyl (C=O) groups excluding carboxylic acids is 3. The second kappa shape index (κ2) is 9.79. The van der Waals surface area contributed by atoms with Crippen molar-refractivity contribution >= 4 is 68.7 Å². The van der Waals surface area contributed by atoms with Gasteiger partial charge in [0.25, 0.3) is 11.8 Å². The van der Waals surface area contributed by atoms with Crippen molar-refractivity contribution in [3.63, 3.8) is 0 Å². The molecule has 0 radical (unpaired) electrons. The highest BCUT2D eigenvalue weighted by molar-refractivity contribution is 9.10. The quantitative estimate of drug-likeness (QED) is 0.315. The van der Waals surface area contributed by atoms with E-state index in [1.165, 1.54) is 6.08 Å². The van der Waals surface area contributed by atoms with Gasteiger partial charge in [-0.05, 0) is 64.0 Å². The zero-order valence-electron chi connectivity index (χ0n) is 16.8. The maximum Gasteiger partial charge on any atom is 0.335 e. The van der Waals surface area contributed by atoms with Crippen LogP contribution in [0.25, 0.3) is 6.08 Å². The molecule has 33 heavy (non-hydrogen) atoms. The van der Waals surface area contributed by atoms with E-state index in [1.807, 2.05) is 0 Å². The third-order valence-electron chi connectivity index (χ3n) is 4.78. The van der Waals surface area contributed by atoms with E-state index in [1.54, 1.807) is 66.7 Å². The first kappa shape index (κ1) is 23.0. The molecule has 166 valence electrons. The standard InChI is InChI=1S/C24H15BrCl2N2O4/c25-19-11-14(6-9-21(19)33-13-15-7-8-16(26)12-20(15)27)10-18-22(30)28-24(32)29(23(18)31)17-4-2-1-3-5-17/h1-12H,13H2,(H,28,30,32). The Morgan fingerprint density at radius 3 is 2.42 bits per heavy atom. The van der Waals surface area contributed by atoms with Crippen molar-refractivity contribution in [1.29, 1.82) is 0 Å². The number of benzene rings is 3. The van der Waals surface area contributed by atoms with Crippen LogP contribution in [0.4, 0.5) is 10.5 Å². The number of nitrogens with zero attached hydrogens (tertiary/aromatic N) is 1. The van der Waals surface area contributed by atoms with Gasteiger partial charge in [-0.2, -0.15) is 0 Å². The summed E-state index contributed by atoms with van der Waals surface area (Å²) < 4.78 is 6.44. The predicted molar refractivity (Wildman–Crippen MR) is 130 cm³/mol. The molecule has 1 saturated heterocycles. The van der Waals surface area contributed by atoms with Crippen LogP contribution >= 0.6 is 39.1 Å². The summed E-state index contributed by atoms with van der Waals surface area (Å²) in [5.74, 6) is -0.918. The van der Waals surface area contributed by atoms with Gasteiger partial charge in [0.2, 0.25) is 0 Å². The lowest BCUT2D eigenvalue weighted by molar-refractivity contribution is -0.122. The van der Waals surface area contributed by atoms with E-state index in [9.17, 15) is 14.4 Å². The molecule has 1 N–H and O–H groups in total. The van der Waals surface area contributed by atoms with Crippen LogP contribution in [-0.2, 0) is 16.2 Å². The lowest BCUT2D eigenvalue weighted by atomic mass is 10.1. The molecule has 4 amide bonds. The fourth-order valence-corrected chi connectivity index (χ4v) is 4.13. The van der Waals surface area contributed by atoms with Gasteiger partial charge in [0.05, 0.1) is 10.2 Å². The molecule has 0 saturated carbocycles. The minimum Gasteiger partial charge on any atom is -0.488 e. The Morgan fingerprint density at radius 2 is 1.73 bits per heavy atom. The molecule has 0 bridgehead atoms. The van der Waals surface area contributed by atoms with Crippen LogP contribution in [0.1, 0.15) is 11.1 Å². The molecule has 1 aliphatic heterocycles. The molecule has 6 nitrogen and oxygen atoms in total. The summed E-state index contributed by atoms with van der Waals surface area (Å²) >= 11 is 15.5. The van der Waals surface area contributed by atoms with Crippen molar-refractivity contribution in [3.8, 4) is 5.75 Å². The first-order chi connectivity index (χ1) is 15.8. The molecule has 0 atom stereocenters. The lowest BCUT2D eigenvalue weighted by Gasteiger charge is -2.26. The number of imide groups is 2. The predicted octanol–water partition coefficient (Wildman–Crippen LogP) is 6.00. The fraction of sp³-hybridized carbons (Fsp3) is 0.0417. The van der Waals surface area contributed by atoms with Gasteiger partial charge in [0.15, 0.2) is 0 Å². The SMILES string of the molecule is O=C1NC(=O)N(c2ccccc2)C(=O)C1=Cc1ccc(OCc2ccc(Cl)cc2Cl)c(Br)c1. The average molecular weight is 546 g/mol. The lowest BCUT2D eigenvalue weighted by Crippen LogP contribution is -2.54. The van der Waals surface area contributed by atoms with Gasteiger partial charge in [-0.25, -0.2) is 9.69 Å². The average Bonchev–Trinajstić information content (AvgIpc) is 2.78. The summed E-state index contributed by atoms with van der Waals surface area (Å²) in [6.07, 6.45) is 1.42. The number of halogens is 3. The van der Waals surface area contributed by atoms with Crippen molar-refractivity contribution in [2.45, 2.75) is 6.61 Å². The summed E-state index contributed by atoms with van der Waals surface area (Å²) in [7, 11) is 0. The summed E-state index contributed by atoms with van der Waals surface area (Å²) in [6.45, 7) is 0.226. The monoisotopic (exact) mass is 544 g/mol. The highest BCUT2D eigenvalue weighted by atomic mass is 79.9. The number of barbiturate groups is 1. The van der Waals surface area contributed by atoms with Gasteiger partial charge < -0.3 is 4.74 Å². The van der Waals surface area contributed by atoms with E-state index in [4.69, 9.17) is 27.9 Å². The normalized spacial score (nSPS) is 15.1. The Kier molecular flexibility index (Phi) is 6.83. The minimum absolute atomic E-state index is 0.160. The molecule has 0 aromatic heterocycles. The summed E-state index contributed by atoms with van der Waals surface area (Å²) in [6, 6.07) is 17.8. The number of carbonyl (C=O) groups is 3. The molecule has 4 rings (SSSR count). The van der Waals surface area contributed by atoms with Gasteiger partial charge in [0, 0.05) is 15.6 Å². The number of amides is 4. The van der Waals surface area contributed by atoms with Crippen LogP contribution < -0.4 is 15.0 Å². The number of ether oxygens (including phenoxy) is 1. The van der Waals surface area contributed by atoms with E-state index in [0.29, 0.717) is 31.5 Å². The minimum atomic E-state index is -0.792. The van der Waals surface area contributed by atoms with Gasteiger partial charge in [-0.15, -0.1) is 0 Å². The molecular formula is C24H15BrCl2N2O4. The van der Waals surface area contributed by atoms with Crippen molar-refractivity contribution in [2.75, 3.05) is 4.90 Å². The van der Waals surface area contributed by atoms with Gasteiger partial charge in [0.1, 0.15) is 17.9 Å². The summed E-state index contributed by atoms with van der Waals surface area (Å²) in [4.78, 5) is 38.5. The van der Waals surface area contributed by atoms with E-state index < -0.39 is 17.8 Å². The van der Waals surface area contributed by atoms with Crippen LogP contribution in [0.15, 0.2) is 76.8 Å². The maximum atomic E-state index is 12.9. The van der Waals surface area contributed by atoms with E-state index in [0.717, 1.165) is 10.5 Å². The number of rotatable bonds is 5. The Balaban J connectivity index is 1.55. The Morgan fingerprint density at radius 1 is 0.970 bits per heavy atom. The van der Waals surface area contributed by atoms with Gasteiger partial charge in [-0.3, -0.25) is 14.9 Å². The first-order valence-corrected chi connectivity index (χ1v) is 11.2. The number of nitrogens with one attached hydrogen (secondary N) is 1. The van der Waals surface area contributed by atoms with Crippen LogP contribution in [0.5, 0.6) is 5.75 Å². The maximum absolute atomic E-state index is 12.9. The second-order valence-electron chi connectivity index (χ2n) is 7.01. The number of anilines is 1. The van der Waals surface area contributed by atoms with E-state index in [2.05, 4.69) is 21.2 Å². The summed E-state index contributed by atoms with van der Waals surface area (Å²) in [5, 5.41) is 3.24. The van der Waals surface area contributed by atoms with Gasteiger partial charge in [-0.1, -0.05) is 53.5 Å². The smallest absolute Gasteiger partial charge is 0.335 e. The van der Waals surface area contributed by atoms with Crippen molar-refractivity contribution in [3.05, 3.63) is 97.9 Å². The first-order valence-electron chi connectivity index (χ1n) is 9.66. The van der Waals surface area contributed by atoms with Crippen molar-refractivity contribution in [1.82, 2.24) is 5.32 Å². The van der Waals surface area contributed by atoms with E-state index in [-0.39, 0.29) is 12.2 Å². The largest absolute Gasteiger partial charge is 0.488 e. The highest BCUT2D eigenvalue weighted by Crippen LogP contribution is 2.30. The topological polar surface area (TPSA) is 75.7 Å². The highest BCUT2D eigenvalue weighted by Gasteiger charge is 2.36. The molecular weight excluding hydrogens is 531 g/mol. The second-order valence-corrected chi connectivity index (χ2v) is 8.71. The van der Waals surface area contributed by atoms with Crippen LogP contribution in [0, 0.1) is 0 Å². The number of hydrogen-bond acceptors (Lipinski definition) is 4. The van der Waals surface area contributed by atoms with Crippen LogP contribution in [-0.4, -0.2) is 17.8 Å². The van der Waals surface area contributed by atoms with Crippen molar-refractivity contribution < 1.29 is 19.1 Å². The number of hydrogen-bond donors (Lipinski definition) is 1. The third-order valence-corrected chi connectivity index (χ3v) is 5.99. The molecule has 0 spiro atoms. The van der Waals surface area contributed by atoms with Gasteiger partial charge >= 0.3 is 6.03 Å². The number of urea groups is 1. The Labute approximate surface area is 207 Å². The Bertz CT molecular complexity index is 1290. The van der Waals surface area contributed by atoms with E-state index >= 15 is 0 Å². The Hall–Kier alpha value is -3.13. The summed E-state index contributed by atoms with van der Waals surface area (Å²) in [5.41, 5.74) is 1.55. The van der Waals surface area contributed by atoms with Crippen LogP contribution in [0.3, 0.4) is 0 Å². The molecule has 9 heteroatoms. The molecule has 3 aromatic carbocycles. The third kappa shape index (κ3) is 5.11. The van der Waals surface area contributed by atoms with Crippen molar-refractivity contribution in [2.24, 2.45) is 0 Å².